The van der Waals surface area contributed by atoms with E-state index in [1.54, 1.807) is 4.40 Å². The molecule has 4 aromatic heterocycles. The maximum Gasteiger partial charge on any atom is 0.173 e. The van der Waals surface area contributed by atoms with Gasteiger partial charge >= 0.3 is 0 Å². The van der Waals surface area contributed by atoms with E-state index in [9.17, 15) is 4.39 Å². The molecule has 1 aliphatic heterocycles. The number of imidazole rings is 1. The zero-order valence-electron chi connectivity index (χ0n) is 15.9. The van der Waals surface area contributed by atoms with Gasteiger partial charge in [-0.25, -0.2) is 19.3 Å². The number of nitrogens with one attached hydrogen (secondary N) is 1. The number of pyridine rings is 3. The predicted octanol–water partition coefficient (Wildman–Crippen LogP) is 3.19. The van der Waals surface area contributed by atoms with Crippen molar-refractivity contribution in [2.24, 2.45) is 0 Å². The van der Waals surface area contributed by atoms with Crippen LogP contribution in [0.3, 0.4) is 0 Å². The molecule has 0 bridgehead atoms. The van der Waals surface area contributed by atoms with Gasteiger partial charge in [0.1, 0.15) is 0 Å². The van der Waals surface area contributed by atoms with Gasteiger partial charge in [-0.05, 0) is 44.7 Å². The van der Waals surface area contributed by atoms with Crippen LogP contribution in [0.4, 0.5) is 10.1 Å². The fraction of sp³-hybridized carbons (Fsp3) is 0.286. The number of hydrogen-bond donors (Lipinski definition) is 1. The lowest BCUT2D eigenvalue weighted by Gasteiger charge is -2.18. The van der Waals surface area contributed by atoms with E-state index in [0.717, 1.165) is 36.3 Å². The first-order valence-electron chi connectivity index (χ1n) is 9.45. The third-order valence-electron chi connectivity index (χ3n) is 5.41. The van der Waals surface area contributed by atoms with Crippen LogP contribution in [-0.4, -0.2) is 45.5 Å². The van der Waals surface area contributed by atoms with Gasteiger partial charge in [-0.2, -0.15) is 0 Å². The minimum atomic E-state index is -0.357. The van der Waals surface area contributed by atoms with E-state index < -0.39 is 0 Å². The lowest BCUT2D eigenvalue weighted by molar-refractivity contribution is 0.617. The number of aromatic nitrogens is 4. The molecule has 5 heterocycles. The minimum absolute atomic E-state index is 0.329. The fourth-order valence-corrected chi connectivity index (χ4v) is 3.88. The lowest BCUT2D eigenvalue weighted by Crippen LogP contribution is -2.29. The van der Waals surface area contributed by atoms with Crippen LogP contribution in [0.5, 0.6) is 0 Å². The molecule has 0 aromatic carbocycles. The molecule has 1 N–H and O–H groups in total. The number of rotatable bonds is 3. The topological polar surface area (TPSA) is 58.3 Å². The summed E-state index contributed by atoms with van der Waals surface area (Å²) in [5.74, 6) is -0.357. The number of halogens is 1. The van der Waals surface area contributed by atoms with Crippen LogP contribution in [0.15, 0.2) is 42.9 Å². The van der Waals surface area contributed by atoms with Gasteiger partial charge in [-0.1, -0.05) is 0 Å². The van der Waals surface area contributed by atoms with E-state index in [4.69, 9.17) is 0 Å². The number of fused-ring (bicyclic) bond motifs is 2. The Balaban J connectivity index is 1.51. The SMILES string of the molecule is CN[C@H]1CCN(c2cnc3nc(-c4cc(F)c5nc(C)cn5c4)ccc3c2)C1. The predicted molar refractivity (Wildman–Crippen MR) is 108 cm³/mol. The summed E-state index contributed by atoms with van der Waals surface area (Å²) >= 11 is 0. The van der Waals surface area contributed by atoms with Crippen molar-refractivity contribution in [2.75, 3.05) is 25.0 Å². The van der Waals surface area contributed by atoms with Gasteiger partial charge in [0.25, 0.3) is 0 Å². The van der Waals surface area contributed by atoms with Crippen LogP contribution >= 0.6 is 0 Å². The highest BCUT2D eigenvalue weighted by Gasteiger charge is 2.21. The molecular weight excluding hydrogens is 355 g/mol. The largest absolute Gasteiger partial charge is 0.369 e. The Morgan fingerprint density at radius 2 is 2.07 bits per heavy atom. The molecule has 4 aromatic rings. The Kier molecular flexibility index (Phi) is 3.98. The molecule has 0 spiro atoms. The summed E-state index contributed by atoms with van der Waals surface area (Å²) in [5, 5.41) is 4.31. The van der Waals surface area contributed by atoms with Crippen LogP contribution in [0.2, 0.25) is 0 Å². The highest BCUT2D eigenvalue weighted by molar-refractivity contribution is 5.81. The summed E-state index contributed by atoms with van der Waals surface area (Å²) in [7, 11) is 2.00. The molecule has 0 unspecified atom stereocenters. The maximum absolute atomic E-state index is 14.4. The van der Waals surface area contributed by atoms with E-state index in [-0.39, 0.29) is 5.82 Å². The van der Waals surface area contributed by atoms with Crippen molar-refractivity contribution < 1.29 is 4.39 Å². The summed E-state index contributed by atoms with van der Waals surface area (Å²) in [4.78, 5) is 15.8. The van der Waals surface area contributed by atoms with Crippen molar-refractivity contribution in [1.82, 2.24) is 24.7 Å². The molecule has 0 radical (unpaired) electrons. The van der Waals surface area contributed by atoms with Crippen molar-refractivity contribution in [2.45, 2.75) is 19.4 Å². The lowest BCUT2D eigenvalue weighted by atomic mass is 10.1. The molecule has 5 rings (SSSR count). The zero-order chi connectivity index (χ0) is 19.3. The number of aryl methyl sites for hydroxylation is 1. The molecule has 142 valence electrons. The van der Waals surface area contributed by atoms with Gasteiger partial charge in [0, 0.05) is 42.5 Å². The first kappa shape index (κ1) is 17.1. The second-order valence-corrected chi connectivity index (χ2v) is 7.35. The Morgan fingerprint density at radius 3 is 2.89 bits per heavy atom. The Morgan fingerprint density at radius 1 is 1.18 bits per heavy atom. The third kappa shape index (κ3) is 2.88. The van der Waals surface area contributed by atoms with E-state index in [0.29, 0.717) is 28.6 Å². The van der Waals surface area contributed by atoms with Crippen molar-refractivity contribution in [3.05, 3.63) is 54.4 Å². The van der Waals surface area contributed by atoms with Crippen LogP contribution in [0, 0.1) is 12.7 Å². The normalized spacial score (nSPS) is 17.1. The van der Waals surface area contributed by atoms with Crippen LogP contribution < -0.4 is 10.2 Å². The molecular formula is C21H21FN6. The molecule has 1 fully saturated rings. The minimum Gasteiger partial charge on any atom is -0.369 e. The van der Waals surface area contributed by atoms with Crippen LogP contribution in [0.1, 0.15) is 12.1 Å². The summed E-state index contributed by atoms with van der Waals surface area (Å²) in [6.07, 6.45) is 6.67. The summed E-state index contributed by atoms with van der Waals surface area (Å²) < 4.78 is 16.1. The molecule has 7 heteroatoms. The highest BCUT2D eigenvalue weighted by atomic mass is 19.1. The van der Waals surface area contributed by atoms with E-state index in [1.807, 2.05) is 44.7 Å². The summed E-state index contributed by atoms with van der Waals surface area (Å²) in [5.41, 5.74) is 4.27. The molecule has 28 heavy (non-hydrogen) atoms. The first-order valence-corrected chi connectivity index (χ1v) is 9.45. The second-order valence-electron chi connectivity index (χ2n) is 7.35. The van der Waals surface area contributed by atoms with E-state index in [2.05, 4.69) is 31.2 Å². The Bertz CT molecular complexity index is 1180. The fourth-order valence-electron chi connectivity index (χ4n) is 3.88. The van der Waals surface area contributed by atoms with Gasteiger partial charge in [-0.3, -0.25) is 0 Å². The molecule has 0 saturated carbocycles. The van der Waals surface area contributed by atoms with Gasteiger partial charge in [-0.15, -0.1) is 0 Å². The average molecular weight is 376 g/mol. The van der Waals surface area contributed by atoms with Crippen molar-refractivity contribution in [3.63, 3.8) is 0 Å². The highest BCUT2D eigenvalue weighted by Crippen LogP contribution is 2.26. The van der Waals surface area contributed by atoms with Gasteiger partial charge in [0.2, 0.25) is 0 Å². The summed E-state index contributed by atoms with van der Waals surface area (Å²) in [6.45, 7) is 3.85. The molecule has 0 amide bonds. The smallest absolute Gasteiger partial charge is 0.173 e. The maximum atomic E-state index is 14.4. The molecule has 1 saturated heterocycles. The number of anilines is 1. The van der Waals surface area contributed by atoms with E-state index in [1.165, 1.54) is 6.07 Å². The van der Waals surface area contributed by atoms with Crippen molar-refractivity contribution >= 4 is 22.4 Å². The summed E-state index contributed by atoms with van der Waals surface area (Å²) in [6, 6.07) is 8.04. The second kappa shape index (κ2) is 6.53. The van der Waals surface area contributed by atoms with Gasteiger partial charge in [0.05, 0.1) is 23.3 Å². The third-order valence-corrected chi connectivity index (χ3v) is 5.41. The monoisotopic (exact) mass is 376 g/mol. The van der Waals surface area contributed by atoms with Crippen LogP contribution in [-0.2, 0) is 0 Å². The van der Waals surface area contributed by atoms with Crippen molar-refractivity contribution in [1.29, 1.82) is 0 Å². The molecule has 1 aliphatic rings. The van der Waals surface area contributed by atoms with Crippen LogP contribution in [0.25, 0.3) is 27.9 Å². The number of likely N-dealkylation sites (N-methyl/N-ethyl adjacent to an activating group) is 1. The van der Waals surface area contributed by atoms with E-state index >= 15 is 0 Å². The standard InChI is InChI=1S/C21H21FN6/c1-13-10-28-11-15(8-18(22)21(28)25-13)19-4-3-14-7-17(9-24-20(14)26-19)27-6-5-16(12-27)23-2/h3-4,7-11,16,23H,5-6,12H2,1-2H3/t16-/m0/s1. The quantitative estimate of drug-likeness (QED) is 0.595. The van der Waals surface area contributed by atoms with Gasteiger partial charge < -0.3 is 14.6 Å². The number of hydrogen-bond acceptors (Lipinski definition) is 5. The van der Waals surface area contributed by atoms with Gasteiger partial charge in [0.15, 0.2) is 17.1 Å². The van der Waals surface area contributed by atoms with Crippen molar-refractivity contribution in [3.8, 4) is 11.3 Å². The Labute approximate surface area is 162 Å². The number of nitrogens with zero attached hydrogens (tertiary/aromatic N) is 5. The Hall–Kier alpha value is -3.06. The molecule has 1 atom stereocenters. The average Bonchev–Trinajstić information content (AvgIpc) is 3.33. The molecule has 6 nitrogen and oxygen atoms in total. The zero-order valence-corrected chi connectivity index (χ0v) is 15.9. The molecule has 0 aliphatic carbocycles. The first-order chi connectivity index (χ1) is 13.6.